The molecule has 2 unspecified atom stereocenters. The molecular formula is C26H26Cl2N2O3S. The van der Waals surface area contributed by atoms with Crippen LogP contribution in [0.1, 0.15) is 31.4 Å². The zero-order chi connectivity index (χ0) is 25.1. The molecule has 3 rings (SSSR count). The van der Waals surface area contributed by atoms with Crippen LogP contribution in [0, 0.1) is 23.2 Å². The maximum atomic E-state index is 13.1. The van der Waals surface area contributed by atoms with Gasteiger partial charge in [-0.3, -0.25) is 4.79 Å². The Balaban J connectivity index is 1.94. The number of hydrogen-bond acceptors (Lipinski definition) is 4. The number of hydrogen-bond donors (Lipinski definition) is 1. The molecule has 8 heteroatoms. The number of carbonyl (C=O) groups excluding carboxylic acids is 1. The van der Waals surface area contributed by atoms with E-state index >= 15 is 0 Å². The summed E-state index contributed by atoms with van der Waals surface area (Å²) in [7, 11) is -3.32. The molecule has 0 aromatic heterocycles. The summed E-state index contributed by atoms with van der Waals surface area (Å²) in [4.78, 5) is 13.3. The van der Waals surface area contributed by atoms with E-state index in [4.69, 9.17) is 23.2 Å². The molecule has 1 N–H and O–H groups in total. The number of amides is 1. The van der Waals surface area contributed by atoms with E-state index in [9.17, 15) is 18.5 Å². The maximum Gasteiger partial charge on any atom is 0.225 e. The van der Waals surface area contributed by atoms with Crippen molar-refractivity contribution in [1.29, 1.82) is 5.26 Å². The minimum absolute atomic E-state index is 0.0143. The third kappa shape index (κ3) is 5.72. The van der Waals surface area contributed by atoms with Crippen LogP contribution in [-0.4, -0.2) is 26.1 Å². The zero-order valence-electron chi connectivity index (χ0n) is 19.2. The molecule has 0 radical (unpaired) electrons. The first kappa shape index (κ1) is 26.0. The van der Waals surface area contributed by atoms with Crippen molar-refractivity contribution in [2.24, 2.45) is 11.8 Å². The number of nitrogens with zero attached hydrogens (tertiary/aromatic N) is 1. The second-order valence-electron chi connectivity index (χ2n) is 8.92. The van der Waals surface area contributed by atoms with E-state index in [1.165, 1.54) is 12.1 Å². The first-order chi connectivity index (χ1) is 16.0. The van der Waals surface area contributed by atoms with Gasteiger partial charge in [-0.25, -0.2) is 8.42 Å². The molecule has 0 aliphatic heterocycles. The Morgan fingerprint density at radius 2 is 1.74 bits per heavy atom. The van der Waals surface area contributed by atoms with Gasteiger partial charge in [-0.2, -0.15) is 5.26 Å². The van der Waals surface area contributed by atoms with Crippen molar-refractivity contribution >= 4 is 44.5 Å². The van der Waals surface area contributed by atoms with Crippen LogP contribution in [0.4, 0.5) is 0 Å². The first-order valence-electron chi connectivity index (χ1n) is 10.8. The van der Waals surface area contributed by atoms with Crippen molar-refractivity contribution < 1.29 is 13.2 Å². The maximum absolute atomic E-state index is 13.1. The Labute approximate surface area is 211 Å². The third-order valence-electron chi connectivity index (χ3n) is 5.66. The molecule has 2 atom stereocenters. The SMILES string of the molecule is CC(C)CC1(NC(=O)Cc2ccc(S(C)(=O)=O)cc2)C=C(Cl)C(c2ccccc2)=C(Cl)C1C#N. The molecule has 2 aromatic rings. The number of nitriles is 1. The van der Waals surface area contributed by atoms with Gasteiger partial charge in [0, 0.05) is 21.9 Å². The average Bonchev–Trinajstić information content (AvgIpc) is 2.73. The van der Waals surface area contributed by atoms with E-state index in [1.807, 2.05) is 44.2 Å². The molecular weight excluding hydrogens is 491 g/mol. The van der Waals surface area contributed by atoms with Crippen LogP contribution in [0.5, 0.6) is 0 Å². The minimum Gasteiger partial charge on any atom is -0.345 e. The highest BCUT2D eigenvalue weighted by Crippen LogP contribution is 2.46. The van der Waals surface area contributed by atoms with Crippen LogP contribution in [-0.2, 0) is 21.1 Å². The number of carbonyl (C=O) groups is 1. The summed E-state index contributed by atoms with van der Waals surface area (Å²) in [5.74, 6) is -1.01. The molecule has 5 nitrogen and oxygen atoms in total. The fraction of sp³-hybridized carbons (Fsp3) is 0.308. The van der Waals surface area contributed by atoms with E-state index in [1.54, 1.807) is 18.2 Å². The molecule has 34 heavy (non-hydrogen) atoms. The van der Waals surface area contributed by atoms with Gasteiger partial charge in [0.05, 0.1) is 22.9 Å². The Hall–Kier alpha value is -2.59. The predicted molar refractivity (Wildman–Crippen MR) is 136 cm³/mol. The van der Waals surface area contributed by atoms with Crippen LogP contribution < -0.4 is 5.32 Å². The Bertz CT molecular complexity index is 1280. The van der Waals surface area contributed by atoms with Gasteiger partial charge in [-0.1, -0.05) is 79.5 Å². The number of rotatable bonds is 7. The van der Waals surface area contributed by atoms with Crippen molar-refractivity contribution in [1.82, 2.24) is 5.32 Å². The normalized spacial score (nSPS) is 20.6. The van der Waals surface area contributed by atoms with Gasteiger partial charge in [0.1, 0.15) is 5.92 Å². The van der Waals surface area contributed by atoms with E-state index in [2.05, 4.69) is 11.4 Å². The Morgan fingerprint density at radius 3 is 2.26 bits per heavy atom. The fourth-order valence-electron chi connectivity index (χ4n) is 4.27. The van der Waals surface area contributed by atoms with Crippen molar-refractivity contribution in [2.45, 2.75) is 37.1 Å². The summed E-state index contributed by atoms with van der Waals surface area (Å²) in [6.07, 6.45) is 3.34. The van der Waals surface area contributed by atoms with Gasteiger partial charge in [0.2, 0.25) is 5.91 Å². The van der Waals surface area contributed by atoms with Crippen LogP contribution in [0.3, 0.4) is 0 Å². The number of allylic oxidation sites excluding steroid dienone is 2. The molecule has 0 saturated heterocycles. The number of benzene rings is 2. The van der Waals surface area contributed by atoms with Crippen molar-refractivity contribution in [3.8, 4) is 6.07 Å². The Kier molecular flexibility index (Phi) is 7.92. The lowest BCUT2D eigenvalue weighted by Crippen LogP contribution is -2.54. The van der Waals surface area contributed by atoms with E-state index in [0.29, 0.717) is 27.6 Å². The number of halogens is 2. The van der Waals surface area contributed by atoms with Crippen LogP contribution in [0.25, 0.3) is 5.57 Å². The molecule has 0 heterocycles. The largest absolute Gasteiger partial charge is 0.345 e. The molecule has 1 amide bonds. The van der Waals surface area contributed by atoms with Gasteiger partial charge >= 0.3 is 0 Å². The summed E-state index contributed by atoms with van der Waals surface area (Å²) >= 11 is 13.5. The summed E-state index contributed by atoms with van der Waals surface area (Å²) in [6, 6.07) is 17.8. The van der Waals surface area contributed by atoms with Crippen molar-refractivity contribution in [3.63, 3.8) is 0 Å². The fourth-order valence-corrected chi connectivity index (χ4v) is 5.81. The molecule has 0 saturated carbocycles. The molecule has 0 spiro atoms. The topological polar surface area (TPSA) is 87.0 Å². The van der Waals surface area contributed by atoms with Gasteiger partial charge in [-0.15, -0.1) is 0 Å². The third-order valence-corrected chi connectivity index (χ3v) is 7.49. The summed E-state index contributed by atoms with van der Waals surface area (Å²) in [5.41, 5.74) is 0.944. The second kappa shape index (κ2) is 10.4. The minimum atomic E-state index is -3.32. The lowest BCUT2D eigenvalue weighted by atomic mass is 9.73. The van der Waals surface area contributed by atoms with E-state index < -0.39 is 21.3 Å². The van der Waals surface area contributed by atoms with Crippen LogP contribution >= 0.6 is 23.2 Å². The molecule has 178 valence electrons. The average molecular weight is 517 g/mol. The smallest absolute Gasteiger partial charge is 0.225 e. The van der Waals surface area contributed by atoms with Gasteiger partial charge in [0.25, 0.3) is 0 Å². The van der Waals surface area contributed by atoms with Crippen LogP contribution in [0.2, 0.25) is 0 Å². The standard InChI is InChI=1S/C26H26Cl2N2O3S/c1-17(2)14-26(30-23(31)13-18-9-11-20(12-10-18)34(3,32)33)15-22(27)24(25(28)21(26)16-29)19-7-5-4-6-8-19/h4-12,15,17,21H,13-14H2,1-3H3,(H,30,31). The van der Waals surface area contributed by atoms with Crippen LogP contribution in [0.15, 0.2) is 75.6 Å². The molecule has 2 aromatic carbocycles. The quantitative estimate of drug-likeness (QED) is 0.529. The Morgan fingerprint density at radius 1 is 1.12 bits per heavy atom. The van der Waals surface area contributed by atoms with Crippen molar-refractivity contribution in [3.05, 3.63) is 81.9 Å². The summed E-state index contributed by atoms with van der Waals surface area (Å²) < 4.78 is 23.4. The first-order valence-corrected chi connectivity index (χ1v) is 13.4. The van der Waals surface area contributed by atoms with Crippen molar-refractivity contribution in [2.75, 3.05) is 6.26 Å². The highest BCUT2D eigenvalue weighted by molar-refractivity contribution is 7.90. The highest BCUT2D eigenvalue weighted by atomic mass is 35.5. The number of nitrogens with one attached hydrogen (secondary N) is 1. The zero-order valence-corrected chi connectivity index (χ0v) is 21.5. The second-order valence-corrected chi connectivity index (χ2v) is 11.8. The van der Waals surface area contributed by atoms with Gasteiger partial charge < -0.3 is 5.32 Å². The number of sulfone groups is 1. The molecule has 1 aliphatic rings. The monoisotopic (exact) mass is 516 g/mol. The lowest BCUT2D eigenvalue weighted by Gasteiger charge is -2.41. The summed E-state index contributed by atoms with van der Waals surface area (Å²) in [5, 5.41) is 13.8. The highest BCUT2D eigenvalue weighted by Gasteiger charge is 2.45. The summed E-state index contributed by atoms with van der Waals surface area (Å²) in [6.45, 7) is 4.00. The van der Waals surface area contributed by atoms with E-state index in [-0.39, 0.29) is 23.1 Å². The molecule has 0 fully saturated rings. The van der Waals surface area contributed by atoms with Gasteiger partial charge in [0.15, 0.2) is 9.84 Å². The lowest BCUT2D eigenvalue weighted by molar-refractivity contribution is -0.122. The molecule has 0 bridgehead atoms. The predicted octanol–water partition coefficient (Wildman–Crippen LogP) is 5.46. The molecule has 1 aliphatic carbocycles. The van der Waals surface area contributed by atoms with E-state index in [0.717, 1.165) is 11.8 Å². The van der Waals surface area contributed by atoms with Gasteiger partial charge in [-0.05, 0) is 41.7 Å².